The second kappa shape index (κ2) is 7.40. The molecule has 0 radical (unpaired) electrons. The Kier molecular flexibility index (Phi) is 4.94. The molecule has 1 unspecified atom stereocenters. The Bertz CT molecular complexity index is 1070. The summed E-state index contributed by atoms with van der Waals surface area (Å²) >= 11 is 0. The van der Waals surface area contributed by atoms with Crippen molar-refractivity contribution in [3.63, 3.8) is 0 Å². The number of nitrogens with two attached hydrogens (primary N) is 1. The minimum Gasteiger partial charge on any atom is -0.392 e. The summed E-state index contributed by atoms with van der Waals surface area (Å²) in [7, 11) is -3.97. The topological polar surface area (TPSA) is 138 Å². The SMILES string of the molecule is NS(=O)(=O)c1cccc(-c2ccc(CN3CCC(O)C3)cc2)c1-c1nn[nH]n1. The molecule has 1 fully saturated rings. The van der Waals surface area contributed by atoms with Crippen LogP contribution in [0.3, 0.4) is 0 Å². The minimum absolute atomic E-state index is 0.0541. The molecule has 1 aliphatic heterocycles. The number of aliphatic hydroxyl groups excluding tert-OH is 1. The monoisotopic (exact) mass is 400 g/mol. The summed E-state index contributed by atoms with van der Waals surface area (Å²) in [5.74, 6) is 0.162. The fourth-order valence-corrected chi connectivity index (χ4v) is 4.26. The van der Waals surface area contributed by atoms with Crippen molar-refractivity contribution >= 4 is 10.0 Å². The second-order valence-electron chi connectivity index (χ2n) is 6.83. The second-order valence-corrected chi connectivity index (χ2v) is 8.36. The summed E-state index contributed by atoms with van der Waals surface area (Å²) in [6, 6.07) is 12.7. The summed E-state index contributed by atoms with van der Waals surface area (Å²) in [5, 5.41) is 28.8. The zero-order valence-corrected chi connectivity index (χ0v) is 15.8. The van der Waals surface area contributed by atoms with Crippen LogP contribution in [0.1, 0.15) is 12.0 Å². The highest BCUT2D eigenvalue weighted by Crippen LogP contribution is 2.34. The Morgan fingerprint density at radius 2 is 2.00 bits per heavy atom. The average molecular weight is 400 g/mol. The van der Waals surface area contributed by atoms with Gasteiger partial charge in [-0.25, -0.2) is 13.6 Å². The highest BCUT2D eigenvalue weighted by Gasteiger charge is 2.23. The molecule has 0 amide bonds. The molecule has 146 valence electrons. The number of aromatic nitrogens is 4. The minimum atomic E-state index is -3.97. The normalized spacial score (nSPS) is 17.9. The molecule has 28 heavy (non-hydrogen) atoms. The fraction of sp³-hybridized carbons (Fsp3) is 0.278. The summed E-state index contributed by atoms with van der Waals surface area (Å²) in [4.78, 5) is 2.15. The van der Waals surface area contributed by atoms with Crippen molar-refractivity contribution in [3.8, 4) is 22.5 Å². The Labute approximate surface area is 162 Å². The molecule has 4 N–H and O–H groups in total. The molecular weight excluding hydrogens is 380 g/mol. The molecule has 1 aromatic heterocycles. The maximum absolute atomic E-state index is 12.1. The van der Waals surface area contributed by atoms with E-state index in [1.165, 1.54) is 6.07 Å². The largest absolute Gasteiger partial charge is 0.392 e. The first-order chi connectivity index (χ1) is 13.4. The quantitative estimate of drug-likeness (QED) is 0.574. The molecule has 1 aliphatic rings. The van der Waals surface area contributed by atoms with Crippen molar-refractivity contribution in [2.45, 2.75) is 24.0 Å². The highest BCUT2D eigenvalue weighted by atomic mass is 32.2. The van der Waals surface area contributed by atoms with E-state index in [1.807, 2.05) is 24.3 Å². The maximum Gasteiger partial charge on any atom is 0.238 e. The fourth-order valence-electron chi connectivity index (χ4n) is 3.51. The van der Waals surface area contributed by atoms with Gasteiger partial charge in [0.25, 0.3) is 0 Å². The van der Waals surface area contributed by atoms with Crippen LogP contribution in [0, 0.1) is 0 Å². The van der Waals surface area contributed by atoms with Gasteiger partial charge < -0.3 is 5.11 Å². The summed E-state index contributed by atoms with van der Waals surface area (Å²) < 4.78 is 24.1. The van der Waals surface area contributed by atoms with Crippen molar-refractivity contribution in [2.75, 3.05) is 13.1 Å². The van der Waals surface area contributed by atoms with Gasteiger partial charge in [-0.05, 0) is 34.4 Å². The predicted octanol–water partition coefficient (Wildman–Crippen LogP) is 0.748. The molecule has 0 aliphatic carbocycles. The lowest BCUT2D eigenvalue weighted by molar-refractivity contribution is 0.175. The Morgan fingerprint density at radius 1 is 1.21 bits per heavy atom. The third kappa shape index (κ3) is 3.80. The number of primary sulfonamides is 1. The number of tetrazole rings is 1. The molecule has 1 atom stereocenters. The van der Waals surface area contributed by atoms with Gasteiger partial charge in [0.15, 0.2) is 0 Å². The van der Waals surface area contributed by atoms with Crippen LogP contribution < -0.4 is 5.14 Å². The first-order valence-electron chi connectivity index (χ1n) is 8.81. The van der Waals surface area contributed by atoms with Gasteiger partial charge in [-0.1, -0.05) is 36.4 Å². The number of rotatable bonds is 5. The van der Waals surface area contributed by atoms with Crippen LogP contribution in [-0.4, -0.2) is 58.2 Å². The smallest absolute Gasteiger partial charge is 0.238 e. The highest BCUT2D eigenvalue weighted by molar-refractivity contribution is 7.89. The van der Waals surface area contributed by atoms with Crippen LogP contribution in [-0.2, 0) is 16.6 Å². The van der Waals surface area contributed by atoms with Gasteiger partial charge in [-0.2, -0.15) is 5.21 Å². The van der Waals surface area contributed by atoms with E-state index in [-0.39, 0.29) is 16.8 Å². The maximum atomic E-state index is 12.1. The van der Waals surface area contributed by atoms with Crippen LogP contribution in [0.15, 0.2) is 47.4 Å². The van der Waals surface area contributed by atoms with Crippen molar-refractivity contribution in [1.29, 1.82) is 0 Å². The first-order valence-corrected chi connectivity index (χ1v) is 10.4. The molecular formula is C18H20N6O3S. The molecule has 9 nitrogen and oxygen atoms in total. The lowest BCUT2D eigenvalue weighted by atomic mass is 9.98. The van der Waals surface area contributed by atoms with Crippen LogP contribution in [0.2, 0.25) is 0 Å². The molecule has 10 heteroatoms. The summed E-state index contributed by atoms with van der Waals surface area (Å²) in [6.07, 6.45) is 0.546. The van der Waals surface area contributed by atoms with Gasteiger partial charge in [0.05, 0.1) is 16.6 Å². The van der Waals surface area contributed by atoms with Crippen molar-refractivity contribution in [2.24, 2.45) is 5.14 Å². The number of nitrogens with one attached hydrogen (secondary N) is 1. The van der Waals surface area contributed by atoms with Crippen LogP contribution in [0.25, 0.3) is 22.5 Å². The molecule has 0 spiro atoms. The third-order valence-corrected chi connectivity index (χ3v) is 5.77. The van der Waals surface area contributed by atoms with Gasteiger partial charge in [0.2, 0.25) is 15.8 Å². The molecule has 0 saturated carbocycles. The standard InChI is InChI=1S/C18H20N6O3S/c19-28(26,27)16-3-1-2-15(17(16)18-20-22-23-21-18)13-6-4-12(5-7-13)10-24-9-8-14(25)11-24/h1-7,14,25H,8-11H2,(H2,19,26,27)(H,20,21,22,23). The average Bonchev–Trinajstić information content (AvgIpc) is 3.33. The molecule has 2 heterocycles. The van der Waals surface area contributed by atoms with Gasteiger partial charge in [0.1, 0.15) is 0 Å². The number of hydrogen-bond donors (Lipinski definition) is 3. The van der Waals surface area contributed by atoms with E-state index < -0.39 is 10.0 Å². The zero-order chi connectivity index (χ0) is 19.7. The first kappa shape index (κ1) is 18.7. The molecule has 0 bridgehead atoms. The van der Waals surface area contributed by atoms with Crippen molar-refractivity contribution in [3.05, 3.63) is 48.0 Å². The summed E-state index contributed by atoms with van der Waals surface area (Å²) in [5.41, 5.74) is 2.89. The lowest BCUT2D eigenvalue weighted by Crippen LogP contribution is -2.21. The van der Waals surface area contributed by atoms with Crippen LogP contribution in [0.4, 0.5) is 0 Å². The Balaban J connectivity index is 1.71. The Morgan fingerprint density at radius 3 is 2.61 bits per heavy atom. The van der Waals surface area contributed by atoms with E-state index in [2.05, 4.69) is 25.5 Å². The zero-order valence-electron chi connectivity index (χ0n) is 15.0. The number of nitrogens with zero attached hydrogens (tertiary/aromatic N) is 4. The third-order valence-electron chi connectivity index (χ3n) is 4.82. The van der Waals surface area contributed by atoms with Crippen molar-refractivity contribution < 1.29 is 13.5 Å². The van der Waals surface area contributed by atoms with E-state index in [1.54, 1.807) is 12.1 Å². The van der Waals surface area contributed by atoms with Crippen LogP contribution >= 0.6 is 0 Å². The molecule has 1 saturated heterocycles. The van der Waals surface area contributed by atoms with E-state index >= 15 is 0 Å². The summed E-state index contributed by atoms with van der Waals surface area (Å²) in [6.45, 7) is 2.31. The van der Waals surface area contributed by atoms with Gasteiger partial charge >= 0.3 is 0 Å². The van der Waals surface area contributed by atoms with E-state index in [4.69, 9.17) is 5.14 Å². The molecule has 2 aromatic carbocycles. The van der Waals surface area contributed by atoms with Gasteiger partial charge in [-0.15, -0.1) is 10.2 Å². The number of aliphatic hydroxyl groups is 1. The number of likely N-dealkylation sites (tertiary alicyclic amines) is 1. The Hall–Kier alpha value is -2.66. The number of aromatic amines is 1. The van der Waals surface area contributed by atoms with E-state index in [0.717, 1.165) is 30.6 Å². The number of benzene rings is 2. The number of β-amino-alcohol motifs (C(OH)–C–C–N with tert-alkyl or cyclic N) is 1. The lowest BCUT2D eigenvalue weighted by Gasteiger charge is -2.16. The van der Waals surface area contributed by atoms with Crippen LogP contribution in [0.5, 0.6) is 0 Å². The molecule has 3 aromatic rings. The number of hydrogen-bond acceptors (Lipinski definition) is 7. The van der Waals surface area contributed by atoms with Gasteiger partial charge in [0, 0.05) is 19.6 Å². The van der Waals surface area contributed by atoms with E-state index in [9.17, 15) is 13.5 Å². The predicted molar refractivity (Wildman–Crippen MR) is 102 cm³/mol. The number of H-pyrrole nitrogens is 1. The number of sulfonamides is 1. The molecule has 4 rings (SSSR count). The van der Waals surface area contributed by atoms with E-state index in [0.29, 0.717) is 17.7 Å². The van der Waals surface area contributed by atoms with Crippen molar-refractivity contribution in [1.82, 2.24) is 25.5 Å². The van der Waals surface area contributed by atoms with Gasteiger partial charge in [-0.3, -0.25) is 4.90 Å².